The minimum Gasteiger partial charge on any atom is -0.390 e. The van der Waals surface area contributed by atoms with E-state index < -0.39 is 0 Å². The molecule has 0 aromatic rings. The highest BCUT2D eigenvalue weighted by molar-refractivity contribution is 4.72. The molecule has 14 heavy (non-hydrogen) atoms. The van der Waals surface area contributed by atoms with Gasteiger partial charge in [0.15, 0.2) is 0 Å². The van der Waals surface area contributed by atoms with E-state index >= 15 is 0 Å². The Morgan fingerprint density at radius 2 is 2.36 bits per heavy atom. The molecule has 1 N–H and O–H groups in total. The Morgan fingerprint density at radius 1 is 1.50 bits per heavy atom. The Bertz CT molecular complexity index is 132. The molecule has 0 aromatic carbocycles. The Labute approximate surface area is 86.4 Å². The Hall–Kier alpha value is -0.120. The van der Waals surface area contributed by atoms with E-state index in [9.17, 15) is 5.11 Å². The quantitative estimate of drug-likeness (QED) is 0.637. The standard InChI is InChI=1S/C11H22O3/c1-2-3-4-6-13-9-11(12)10-5-7-14-8-10/h10-12H,2-9H2,1H3. The minimum atomic E-state index is -0.334. The molecule has 0 spiro atoms. The molecule has 3 heteroatoms. The van der Waals surface area contributed by atoms with Gasteiger partial charge in [-0.1, -0.05) is 19.8 Å². The first-order valence-corrected chi connectivity index (χ1v) is 5.68. The molecule has 0 aromatic heterocycles. The van der Waals surface area contributed by atoms with E-state index in [1.165, 1.54) is 12.8 Å². The van der Waals surface area contributed by atoms with Crippen LogP contribution in [0.2, 0.25) is 0 Å². The van der Waals surface area contributed by atoms with Crippen LogP contribution in [0.25, 0.3) is 0 Å². The fraction of sp³-hybridized carbons (Fsp3) is 1.00. The van der Waals surface area contributed by atoms with Gasteiger partial charge in [-0.15, -0.1) is 0 Å². The monoisotopic (exact) mass is 202 g/mol. The van der Waals surface area contributed by atoms with Crippen molar-refractivity contribution in [2.75, 3.05) is 26.4 Å². The van der Waals surface area contributed by atoms with Crippen LogP contribution in [-0.4, -0.2) is 37.6 Å². The van der Waals surface area contributed by atoms with Gasteiger partial charge in [-0.2, -0.15) is 0 Å². The third-order valence-corrected chi connectivity index (χ3v) is 2.69. The molecule has 1 rings (SSSR count). The van der Waals surface area contributed by atoms with Crippen molar-refractivity contribution in [3.05, 3.63) is 0 Å². The summed E-state index contributed by atoms with van der Waals surface area (Å²) in [4.78, 5) is 0. The van der Waals surface area contributed by atoms with Gasteiger partial charge in [-0.05, 0) is 12.8 Å². The van der Waals surface area contributed by atoms with E-state index in [1.807, 2.05) is 0 Å². The maximum atomic E-state index is 9.70. The second-order valence-corrected chi connectivity index (χ2v) is 3.97. The Morgan fingerprint density at radius 3 is 3.00 bits per heavy atom. The zero-order valence-corrected chi connectivity index (χ0v) is 9.08. The third kappa shape index (κ3) is 4.40. The van der Waals surface area contributed by atoms with Gasteiger partial charge < -0.3 is 14.6 Å². The summed E-state index contributed by atoms with van der Waals surface area (Å²) in [6.07, 6.45) is 4.16. The smallest absolute Gasteiger partial charge is 0.0824 e. The third-order valence-electron chi connectivity index (χ3n) is 2.69. The second kappa shape index (κ2) is 7.21. The predicted octanol–water partition coefficient (Wildman–Crippen LogP) is 1.59. The SMILES string of the molecule is CCCCCOCC(O)C1CCOC1. The van der Waals surface area contributed by atoms with Crippen molar-refractivity contribution in [2.24, 2.45) is 5.92 Å². The second-order valence-electron chi connectivity index (χ2n) is 3.97. The highest BCUT2D eigenvalue weighted by Gasteiger charge is 2.23. The molecule has 1 saturated heterocycles. The Balaban J connectivity index is 1.94. The van der Waals surface area contributed by atoms with Crippen LogP contribution in [0, 0.1) is 5.92 Å². The van der Waals surface area contributed by atoms with Crippen LogP contribution in [-0.2, 0) is 9.47 Å². The highest BCUT2D eigenvalue weighted by atomic mass is 16.5. The van der Waals surface area contributed by atoms with Crippen LogP contribution in [0.5, 0.6) is 0 Å². The fourth-order valence-electron chi connectivity index (χ4n) is 1.65. The molecule has 1 fully saturated rings. The van der Waals surface area contributed by atoms with Crippen molar-refractivity contribution in [1.82, 2.24) is 0 Å². The summed E-state index contributed by atoms with van der Waals surface area (Å²) in [6, 6.07) is 0. The first-order valence-electron chi connectivity index (χ1n) is 5.68. The number of hydrogen-bond acceptors (Lipinski definition) is 3. The number of aliphatic hydroxyl groups excluding tert-OH is 1. The molecule has 1 aliphatic rings. The first-order chi connectivity index (χ1) is 6.84. The Kier molecular flexibility index (Phi) is 6.15. The lowest BCUT2D eigenvalue weighted by Crippen LogP contribution is -2.26. The summed E-state index contributed by atoms with van der Waals surface area (Å²) in [5.41, 5.74) is 0. The zero-order valence-electron chi connectivity index (χ0n) is 9.08. The van der Waals surface area contributed by atoms with E-state index in [1.54, 1.807) is 0 Å². The molecular formula is C11H22O3. The van der Waals surface area contributed by atoms with Gasteiger partial charge >= 0.3 is 0 Å². The molecule has 0 bridgehead atoms. The van der Waals surface area contributed by atoms with Crippen molar-refractivity contribution in [2.45, 2.75) is 38.7 Å². The average Bonchev–Trinajstić information content (AvgIpc) is 2.70. The fourth-order valence-corrected chi connectivity index (χ4v) is 1.65. The summed E-state index contributed by atoms with van der Waals surface area (Å²) in [6.45, 7) is 4.90. The largest absolute Gasteiger partial charge is 0.390 e. The van der Waals surface area contributed by atoms with Crippen molar-refractivity contribution in [3.8, 4) is 0 Å². The van der Waals surface area contributed by atoms with Crippen LogP contribution < -0.4 is 0 Å². The van der Waals surface area contributed by atoms with E-state index in [0.717, 1.165) is 26.1 Å². The van der Waals surface area contributed by atoms with Crippen molar-refractivity contribution in [1.29, 1.82) is 0 Å². The summed E-state index contributed by atoms with van der Waals surface area (Å²) < 4.78 is 10.6. The van der Waals surface area contributed by atoms with Crippen LogP contribution in [0.15, 0.2) is 0 Å². The molecule has 0 saturated carbocycles. The van der Waals surface area contributed by atoms with E-state index in [4.69, 9.17) is 9.47 Å². The molecule has 0 aliphatic carbocycles. The number of aliphatic hydroxyl groups is 1. The van der Waals surface area contributed by atoms with Crippen LogP contribution in [0.4, 0.5) is 0 Å². The van der Waals surface area contributed by atoms with E-state index in [-0.39, 0.29) is 6.10 Å². The van der Waals surface area contributed by atoms with Crippen molar-refractivity contribution < 1.29 is 14.6 Å². The normalized spacial score (nSPS) is 24.0. The van der Waals surface area contributed by atoms with Crippen LogP contribution in [0.1, 0.15) is 32.6 Å². The van der Waals surface area contributed by atoms with Gasteiger partial charge in [-0.25, -0.2) is 0 Å². The summed E-state index contributed by atoms with van der Waals surface area (Å²) >= 11 is 0. The van der Waals surface area contributed by atoms with Gasteiger partial charge in [0, 0.05) is 19.1 Å². The maximum Gasteiger partial charge on any atom is 0.0824 e. The molecule has 0 radical (unpaired) electrons. The van der Waals surface area contributed by atoms with Gasteiger partial charge in [0.1, 0.15) is 0 Å². The summed E-state index contributed by atoms with van der Waals surface area (Å²) in [5.74, 6) is 0.293. The van der Waals surface area contributed by atoms with Crippen LogP contribution in [0.3, 0.4) is 0 Å². The van der Waals surface area contributed by atoms with Crippen molar-refractivity contribution >= 4 is 0 Å². The molecule has 2 atom stereocenters. The molecule has 1 heterocycles. The highest BCUT2D eigenvalue weighted by Crippen LogP contribution is 2.16. The first kappa shape index (κ1) is 12.0. The molecule has 2 unspecified atom stereocenters. The van der Waals surface area contributed by atoms with Gasteiger partial charge in [0.25, 0.3) is 0 Å². The molecule has 1 aliphatic heterocycles. The number of ether oxygens (including phenoxy) is 2. The van der Waals surface area contributed by atoms with Crippen molar-refractivity contribution in [3.63, 3.8) is 0 Å². The van der Waals surface area contributed by atoms with E-state index in [2.05, 4.69) is 6.92 Å². The maximum absolute atomic E-state index is 9.70. The molecule has 3 nitrogen and oxygen atoms in total. The van der Waals surface area contributed by atoms with Gasteiger partial charge in [0.2, 0.25) is 0 Å². The number of unbranched alkanes of at least 4 members (excludes halogenated alkanes) is 2. The zero-order chi connectivity index (χ0) is 10.2. The lowest BCUT2D eigenvalue weighted by atomic mass is 10.0. The minimum absolute atomic E-state index is 0.293. The van der Waals surface area contributed by atoms with E-state index in [0.29, 0.717) is 19.1 Å². The summed E-state index contributed by atoms with van der Waals surface area (Å²) in [7, 11) is 0. The van der Waals surface area contributed by atoms with Crippen LogP contribution >= 0.6 is 0 Å². The molecule has 0 amide bonds. The average molecular weight is 202 g/mol. The number of rotatable bonds is 7. The number of hydrogen-bond donors (Lipinski definition) is 1. The predicted molar refractivity (Wildman–Crippen MR) is 55.3 cm³/mol. The lowest BCUT2D eigenvalue weighted by molar-refractivity contribution is 0.00121. The lowest BCUT2D eigenvalue weighted by Gasteiger charge is -2.16. The topological polar surface area (TPSA) is 38.7 Å². The molecular weight excluding hydrogens is 180 g/mol. The van der Waals surface area contributed by atoms with Gasteiger partial charge in [0.05, 0.1) is 19.3 Å². The summed E-state index contributed by atoms with van der Waals surface area (Å²) in [5, 5.41) is 9.70. The molecule has 84 valence electrons. The van der Waals surface area contributed by atoms with Gasteiger partial charge in [-0.3, -0.25) is 0 Å².